The van der Waals surface area contributed by atoms with Gasteiger partial charge in [0.25, 0.3) is 0 Å². The van der Waals surface area contributed by atoms with Crippen LogP contribution in [0.1, 0.15) is 12.8 Å². The fourth-order valence-corrected chi connectivity index (χ4v) is 5.39. The summed E-state index contributed by atoms with van der Waals surface area (Å²) in [6, 6.07) is 10.2. The summed E-state index contributed by atoms with van der Waals surface area (Å²) in [7, 11) is 0. The largest absolute Gasteiger partial charge is 0.489 e. The number of thiophene rings is 1. The number of ether oxygens (including phenoxy) is 1. The SMILES string of the molecule is c1csc(-c2ccnc3[nH]c(-c4n[nH]c5ncc(-c6cncc(OC7CCNCC7)c6)cc45)nc23)c1. The van der Waals surface area contributed by atoms with E-state index in [2.05, 4.69) is 53.0 Å². The van der Waals surface area contributed by atoms with Crippen molar-refractivity contribution in [1.29, 1.82) is 0 Å². The molecule has 1 aliphatic rings. The van der Waals surface area contributed by atoms with E-state index in [9.17, 15) is 0 Å². The number of H-pyrrole nitrogens is 2. The lowest BCUT2D eigenvalue weighted by atomic mass is 10.1. The van der Waals surface area contributed by atoms with Gasteiger partial charge < -0.3 is 15.0 Å². The zero-order valence-corrected chi connectivity index (χ0v) is 20.0. The van der Waals surface area contributed by atoms with Crippen LogP contribution in [0, 0.1) is 0 Å². The smallest absolute Gasteiger partial charge is 0.161 e. The number of fused-ring (bicyclic) bond motifs is 2. The summed E-state index contributed by atoms with van der Waals surface area (Å²) in [4.78, 5) is 22.9. The fraction of sp³-hybridized carbons (Fsp3) is 0.192. The molecule has 1 aliphatic heterocycles. The Kier molecular flexibility index (Phi) is 5.18. The highest BCUT2D eigenvalue weighted by atomic mass is 32.1. The van der Waals surface area contributed by atoms with Crippen LogP contribution in [-0.2, 0) is 0 Å². The van der Waals surface area contributed by atoms with Crippen molar-refractivity contribution < 1.29 is 4.74 Å². The molecule has 1 saturated heterocycles. The van der Waals surface area contributed by atoms with Crippen molar-refractivity contribution in [3.05, 3.63) is 60.5 Å². The summed E-state index contributed by atoms with van der Waals surface area (Å²) >= 11 is 1.68. The van der Waals surface area contributed by atoms with E-state index in [0.29, 0.717) is 17.2 Å². The van der Waals surface area contributed by atoms with E-state index in [1.165, 1.54) is 0 Å². The third-order valence-electron chi connectivity index (χ3n) is 6.45. The van der Waals surface area contributed by atoms with Crippen molar-refractivity contribution in [3.8, 4) is 38.8 Å². The molecular weight excluding hydrogens is 472 g/mol. The normalized spacial score (nSPS) is 14.6. The van der Waals surface area contributed by atoms with E-state index in [4.69, 9.17) is 9.72 Å². The number of hydrogen-bond donors (Lipinski definition) is 3. The van der Waals surface area contributed by atoms with Gasteiger partial charge in [0, 0.05) is 40.2 Å². The molecule has 0 unspecified atom stereocenters. The number of hydrogen-bond acceptors (Lipinski definition) is 8. The van der Waals surface area contributed by atoms with Crippen LogP contribution in [0.2, 0.25) is 0 Å². The number of piperidine rings is 1. The highest BCUT2D eigenvalue weighted by molar-refractivity contribution is 7.13. The molecule has 0 amide bonds. The summed E-state index contributed by atoms with van der Waals surface area (Å²) in [6.07, 6.45) is 9.43. The predicted molar refractivity (Wildman–Crippen MR) is 140 cm³/mol. The molecule has 0 aliphatic carbocycles. The second kappa shape index (κ2) is 8.81. The first-order valence-electron chi connectivity index (χ1n) is 11.9. The van der Waals surface area contributed by atoms with Crippen LogP contribution in [0.15, 0.2) is 60.5 Å². The maximum atomic E-state index is 6.20. The number of aromatic amines is 2. The van der Waals surface area contributed by atoms with E-state index in [1.54, 1.807) is 23.7 Å². The van der Waals surface area contributed by atoms with E-state index < -0.39 is 0 Å². The minimum absolute atomic E-state index is 0.213. The van der Waals surface area contributed by atoms with E-state index in [-0.39, 0.29) is 6.10 Å². The van der Waals surface area contributed by atoms with Crippen LogP contribution in [-0.4, -0.2) is 54.3 Å². The van der Waals surface area contributed by atoms with Gasteiger partial charge in [0.1, 0.15) is 23.1 Å². The van der Waals surface area contributed by atoms with Crippen LogP contribution in [0.25, 0.3) is 55.3 Å². The van der Waals surface area contributed by atoms with E-state index in [0.717, 1.165) is 69.8 Å². The van der Waals surface area contributed by atoms with Crippen LogP contribution >= 0.6 is 11.3 Å². The van der Waals surface area contributed by atoms with Gasteiger partial charge in [-0.25, -0.2) is 15.0 Å². The molecule has 7 rings (SSSR count). The molecule has 7 heterocycles. The number of pyridine rings is 3. The molecule has 3 N–H and O–H groups in total. The van der Waals surface area contributed by atoms with Crippen molar-refractivity contribution in [3.63, 3.8) is 0 Å². The number of aromatic nitrogens is 7. The lowest BCUT2D eigenvalue weighted by Crippen LogP contribution is -2.34. The topological polar surface area (TPSA) is 117 Å². The molecular formula is C26H22N8OS. The fourth-order valence-electron chi connectivity index (χ4n) is 4.64. The first kappa shape index (κ1) is 21.2. The van der Waals surface area contributed by atoms with Crippen molar-refractivity contribution in [1.82, 2.24) is 40.4 Å². The van der Waals surface area contributed by atoms with Gasteiger partial charge in [0.2, 0.25) is 0 Å². The average molecular weight is 495 g/mol. The minimum Gasteiger partial charge on any atom is -0.489 e. The predicted octanol–water partition coefficient (Wildman–Crippen LogP) is 4.82. The van der Waals surface area contributed by atoms with Crippen LogP contribution in [0.3, 0.4) is 0 Å². The minimum atomic E-state index is 0.213. The van der Waals surface area contributed by atoms with Crippen LogP contribution in [0.5, 0.6) is 5.75 Å². The lowest BCUT2D eigenvalue weighted by Gasteiger charge is -2.23. The Morgan fingerprint density at radius 1 is 0.972 bits per heavy atom. The molecule has 10 heteroatoms. The molecule has 0 spiro atoms. The Balaban J connectivity index is 1.26. The molecule has 9 nitrogen and oxygen atoms in total. The van der Waals surface area contributed by atoms with Gasteiger partial charge in [-0.1, -0.05) is 6.07 Å². The van der Waals surface area contributed by atoms with E-state index in [1.807, 2.05) is 30.6 Å². The van der Waals surface area contributed by atoms with Crippen molar-refractivity contribution >= 4 is 33.5 Å². The second-order valence-corrected chi connectivity index (χ2v) is 9.74. The third kappa shape index (κ3) is 3.80. The molecule has 0 saturated carbocycles. The molecule has 36 heavy (non-hydrogen) atoms. The lowest BCUT2D eigenvalue weighted by molar-refractivity contribution is 0.162. The summed E-state index contributed by atoms with van der Waals surface area (Å²) in [5, 5.41) is 13.9. The monoisotopic (exact) mass is 494 g/mol. The van der Waals surface area contributed by atoms with Gasteiger partial charge in [-0.05, 0) is 55.6 Å². The second-order valence-electron chi connectivity index (χ2n) is 8.79. The van der Waals surface area contributed by atoms with Crippen molar-refractivity contribution in [2.45, 2.75) is 18.9 Å². The molecule has 0 radical (unpaired) electrons. The van der Waals surface area contributed by atoms with E-state index >= 15 is 0 Å². The van der Waals surface area contributed by atoms with Gasteiger partial charge in [0.05, 0.1) is 11.6 Å². The number of nitrogens with one attached hydrogen (secondary N) is 3. The Hall–Kier alpha value is -4.15. The zero-order chi connectivity index (χ0) is 23.9. The van der Waals surface area contributed by atoms with Gasteiger partial charge >= 0.3 is 0 Å². The Morgan fingerprint density at radius 3 is 2.78 bits per heavy atom. The summed E-state index contributed by atoms with van der Waals surface area (Å²) < 4.78 is 6.20. The van der Waals surface area contributed by atoms with Crippen LogP contribution in [0.4, 0.5) is 0 Å². The first-order valence-corrected chi connectivity index (χ1v) is 12.8. The average Bonchev–Trinajstić information content (AvgIpc) is 3.68. The van der Waals surface area contributed by atoms with Gasteiger partial charge in [-0.2, -0.15) is 5.10 Å². The van der Waals surface area contributed by atoms with Crippen molar-refractivity contribution in [2.24, 2.45) is 0 Å². The molecule has 178 valence electrons. The molecule has 0 bridgehead atoms. The first-order chi connectivity index (χ1) is 17.8. The quantitative estimate of drug-likeness (QED) is 0.315. The summed E-state index contributed by atoms with van der Waals surface area (Å²) in [5.41, 5.74) is 5.86. The summed E-state index contributed by atoms with van der Waals surface area (Å²) in [6.45, 7) is 1.96. The Labute approximate surface area is 210 Å². The summed E-state index contributed by atoms with van der Waals surface area (Å²) in [5.74, 6) is 1.42. The third-order valence-corrected chi connectivity index (χ3v) is 7.35. The van der Waals surface area contributed by atoms with Crippen molar-refractivity contribution in [2.75, 3.05) is 13.1 Å². The van der Waals surface area contributed by atoms with Crippen LogP contribution < -0.4 is 10.1 Å². The Bertz CT molecular complexity index is 1670. The maximum absolute atomic E-state index is 6.20. The number of nitrogens with zero attached hydrogens (tertiary/aromatic N) is 5. The maximum Gasteiger partial charge on any atom is 0.161 e. The molecule has 0 aromatic carbocycles. The van der Waals surface area contributed by atoms with Gasteiger partial charge in [-0.15, -0.1) is 11.3 Å². The molecule has 6 aromatic heterocycles. The van der Waals surface area contributed by atoms with Gasteiger partial charge in [-0.3, -0.25) is 10.1 Å². The molecule has 6 aromatic rings. The zero-order valence-electron chi connectivity index (χ0n) is 19.2. The highest BCUT2D eigenvalue weighted by Gasteiger charge is 2.18. The highest BCUT2D eigenvalue weighted by Crippen LogP contribution is 2.33. The molecule has 1 fully saturated rings. The number of imidazole rings is 1. The standard InChI is InChI=1S/C26H22N8OS/c1-2-21(36-9-1)19-5-8-29-25-22(19)31-26(32-25)23-20-11-16(13-30-24(20)34-33-23)15-10-18(14-28-12-15)35-17-3-6-27-7-4-17/h1-2,5,8-14,17,27H,3-4,6-7H2,(H,29,31,32)(H,30,33,34). The van der Waals surface area contributed by atoms with Gasteiger partial charge in [0.15, 0.2) is 17.1 Å². The Morgan fingerprint density at radius 2 is 1.89 bits per heavy atom. The molecule has 0 atom stereocenters. The number of rotatable bonds is 5.